The molecule has 0 aliphatic carbocycles. The molecule has 0 aromatic carbocycles. The van der Waals surface area contributed by atoms with Gasteiger partial charge in [0.1, 0.15) is 18.8 Å². The number of rotatable bonds is 4. The molecule has 2 N–H and O–H groups in total. The fraction of sp³-hybridized carbons (Fsp3) is 0.739. The molecule has 0 aromatic heterocycles. The lowest BCUT2D eigenvalue weighted by Crippen LogP contribution is -2.76. The Morgan fingerprint density at radius 1 is 1.06 bits per heavy atom. The van der Waals surface area contributed by atoms with Crippen LogP contribution in [0.15, 0.2) is 12.2 Å². The summed E-state index contributed by atoms with van der Waals surface area (Å²) in [6.45, 7) is 9.96. The van der Waals surface area contributed by atoms with Crippen molar-refractivity contribution in [3.8, 4) is 0 Å². The molecular weight excluding hydrogens is 460 g/mol. The van der Waals surface area contributed by atoms with E-state index in [1.807, 2.05) is 27.7 Å². The molecule has 3 rings (SSSR count). The van der Waals surface area contributed by atoms with Crippen LogP contribution in [0.4, 0.5) is 9.59 Å². The number of Topliss-reactive ketones (excluding diaryl/α,β-unsaturated/α-hetero) is 2. The molecule has 0 spiro atoms. The third-order valence-electron chi connectivity index (χ3n) is 6.02. The van der Waals surface area contributed by atoms with Crippen LogP contribution in [0.2, 0.25) is 0 Å². The summed E-state index contributed by atoms with van der Waals surface area (Å²) in [7, 11) is 1.60. The van der Waals surface area contributed by atoms with Gasteiger partial charge in [0.25, 0.3) is 0 Å². The standard InChI is InChI=1S/C23H38N4O6.H2S/c1-16(2)19(29)22(5)9-10-26(6)20(30)32-11-7-8-12-33-21(31)27-14-23(15-27,25-17(3)4)18(28)13-24-22;/h7-8,16-17,24-25H,9-15H2,1-6H3;1H2/t22-;/m0./s1. The first kappa shape index (κ1) is 29.9. The van der Waals surface area contributed by atoms with Gasteiger partial charge in [-0.3, -0.25) is 20.2 Å². The molecule has 0 saturated carbocycles. The number of hydrogen-bond donors (Lipinski definition) is 2. The van der Waals surface area contributed by atoms with Gasteiger partial charge in [0.15, 0.2) is 11.6 Å². The van der Waals surface area contributed by atoms with Crippen LogP contribution in [-0.2, 0) is 19.1 Å². The quantitative estimate of drug-likeness (QED) is 0.557. The van der Waals surface area contributed by atoms with Crippen LogP contribution >= 0.6 is 13.5 Å². The SMILES string of the molecule is CC(C)NC12CN(C1)C(=O)OCC=CCOC(=O)N(C)CC[C@@](C)(C(=O)C(C)C)NCC2=O.S. The number of fused-ring (bicyclic) bond motifs is 13. The van der Waals surface area contributed by atoms with Crippen LogP contribution in [0, 0.1) is 5.92 Å². The predicted molar refractivity (Wildman–Crippen MR) is 133 cm³/mol. The van der Waals surface area contributed by atoms with E-state index < -0.39 is 23.3 Å². The lowest BCUT2D eigenvalue weighted by molar-refractivity contribution is -0.133. The largest absolute Gasteiger partial charge is 0.445 e. The molecule has 0 aromatic rings. The zero-order valence-electron chi connectivity index (χ0n) is 21.1. The summed E-state index contributed by atoms with van der Waals surface area (Å²) in [6, 6.07) is 0.0243. The van der Waals surface area contributed by atoms with Gasteiger partial charge < -0.3 is 19.3 Å². The van der Waals surface area contributed by atoms with Gasteiger partial charge in [-0.05, 0) is 39.3 Å². The van der Waals surface area contributed by atoms with E-state index in [1.165, 1.54) is 9.80 Å². The van der Waals surface area contributed by atoms with Crippen molar-refractivity contribution in [1.82, 2.24) is 20.4 Å². The molecule has 2 bridgehead atoms. The highest BCUT2D eigenvalue weighted by Crippen LogP contribution is 2.25. The number of nitrogens with zero attached hydrogens (tertiary/aromatic N) is 2. The minimum Gasteiger partial charge on any atom is -0.445 e. The van der Waals surface area contributed by atoms with Crippen LogP contribution < -0.4 is 10.6 Å². The average Bonchev–Trinajstić information content (AvgIpc) is 2.72. The molecule has 3 aliphatic heterocycles. The van der Waals surface area contributed by atoms with Gasteiger partial charge in [0.05, 0.1) is 25.2 Å². The van der Waals surface area contributed by atoms with Crippen molar-refractivity contribution in [2.45, 2.75) is 58.2 Å². The van der Waals surface area contributed by atoms with Gasteiger partial charge in [-0.2, -0.15) is 13.5 Å². The molecule has 10 nitrogen and oxygen atoms in total. The maximum absolute atomic E-state index is 13.3. The summed E-state index contributed by atoms with van der Waals surface area (Å²) in [5.74, 6) is -0.425. The smallest absolute Gasteiger partial charge is 0.410 e. The molecule has 3 heterocycles. The van der Waals surface area contributed by atoms with E-state index >= 15 is 0 Å². The second-order valence-electron chi connectivity index (χ2n) is 9.66. The van der Waals surface area contributed by atoms with E-state index in [4.69, 9.17) is 9.47 Å². The average molecular weight is 501 g/mol. The number of carbonyl (C=O) groups excluding carboxylic acids is 4. The highest BCUT2D eigenvalue weighted by molar-refractivity contribution is 7.59. The molecule has 1 fully saturated rings. The Hall–Kier alpha value is -2.11. The van der Waals surface area contributed by atoms with E-state index in [-0.39, 0.29) is 76.4 Å². The van der Waals surface area contributed by atoms with E-state index in [9.17, 15) is 19.2 Å². The van der Waals surface area contributed by atoms with Gasteiger partial charge in [0, 0.05) is 25.6 Å². The normalized spacial score (nSPS) is 27.4. The Kier molecular flexibility index (Phi) is 11.0. The summed E-state index contributed by atoms with van der Waals surface area (Å²) in [6.07, 6.45) is 2.48. The van der Waals surface area contributed by atoms with Crippen molar-refractivity contribution in [2.75, 3.05) is 46.4 Å². The molecule has 1 atom stereocenters. The number of hydrogen-bond acceptors (Lipinski definition) is 8. The monoisotopic (exact) mass is 500 g/mol. The topological polar surface area (TPSA) is 117 Å². The van der Waals surface area contributed by atoms with Gasteiger partial charge >= 0.3 is 12.2 Å². The second-order valence-corrected chi connectivity index (χ2v) is 9.66. The van der Waals surface area contributed by atoms with Gasteiger partial charge in [-0.1, -0.05) is 13.8 Å². The molecule has 2 amide bonds. The van der Waals surface area contributed by atoms with Crippen molar-refractivity contribution in [3.05, 3.63) is 12.2 Å². The van der Waals surface area contributed by atoms with E-state index in [0.717, 1.165) is 0 Å². The minimum absolute atomic E-state index is 0. The maximum Gasteiger partial charge on any atom is 0.410 e. The summed E-state index contributed by atoms with van der Waals surface area (Å²) in [4.78, 5) is 53.7. The Balaban J connectivity index is 0.00000578. The number of ketones is 2. The van der Waals surface area contributed by atoms with Gasteiger partial charge in [-0.25, -0.2) is 9.59 Å². The molecule has 3 aliphatic rings. The Labute approximate surface area is 209 Å². The highest BCUT2D eigenvalue weighted by atomic mass is 32.1. The Morgan fingerprint density at radius 3 is 2.15 bits per heavy atom. The van der Waals surface area contributed by atoms with Crippen LogP contribution in [0.5, 0.6) is 0 Å². The van der Waals surface area contributed by atoms with Crippen molar-refractivity contribution < 1.29 is 28.7 Å². The predicted octanol–water partition coefficient (Wildman–Crippen LogP) is 1.46. The first-order valence-corrected chi connectivity index (χ1v) is 11.4. The van der Waals surface area contributed by atoms with E-state index in [1.54, 1.807) is 26.1 Å². The fourth-order valence-electron chi connectivity index (χ4n) is 4.07. The van der Waals surface area contributed by atoms with Crippen LogP contribution in [0.3, 0.4) is 0 Å². The van der Waals surface area contributed by atoms with Gasteiger partial charge in [0.2, 0.25) is 0 Å². The van der Waals surface area contributed by atoms with Crippen molar-refractivity contribution >= 4 is 37.2 Å². The summed E-state index contributed by atoms with van der Waals surface area (Å²) >= 11 is 0. The third-order valence-corrected chi connectivity index (χ3v) is 6.02. The van der Waals surface area contributed by atoms with Crippen molar-refractivity contribution in [3.63, 3.8) is 0 Å². The summed E-state index contributed by atoms with van der Waals surface area (Å²) in [5, 5.41) is 6.47. The first-order chi connectivity index (χ1) is 15.4. The molecule has 11 heteroatoms. The summed E-state index contributed by atoms with van der Waals surface area (Å²) < 4.78 is 10.4. The zero-order valence-corrected chi connectivity index (χ0v) is 22.1. The fourth-order valence-corrected chi connectivity index (χ4v) is 4.07. The van der Waals surface area contributed by atoms with E-state index in [0.29, 0.717) is 6.42 Å². The lowest BCUT2D eigenvalue weighted by atomic mass is 9.82. The number of nitrogens with one attached hydrogen (secondary N) is 2. The Morgan fingerprint density at radius 2 is 1.62 bits per heavy atom. The van der Waals surface area contributed by atoms with Crippen LogP contribution in [0.1, 0.15) is 41.0 Å². The molecule has 194 valence electrons. The van der Waals surface area contributed by atoms with Gasteiger partial charge in [-0.15, -0.1) is 0 Å². The van der Waals surface area contributed by atoms with Crippen molar-refractivity contribution in [1.29, 1.82) is 0 Å². The number of carbonyl (C=O) groups is 4. The second kappa shape index (κ2) is 12.6. The third kappa shape index (κ3) is 7.44. The maximum atomic E-state index is 13.3. The molecule has 0 unspecified atom stereocenters. The highest BCUT2D eigenvalue weighted by Gasteiger charge is 2.51. The number of ether oxygens (including phenoxy) is 2. The zero-order chi connectivity index (χ0) is 24.8. The number of amides is 2. The lowest BCUT2D eigenvalue weighted by Gasteiger charge is -2.49. The molecule has 0 radical (unpaired) electrons. The van der Waals surface area contributed by atoms with Crippen molar-refractivity contribution in [2.24, 2.45) is 5.92 Å². The minimum atomic E-state index is -1.01. The first-order valence-electron chi connectivity index (χ1n) is 11.4. The Bertz CT molecular complexity index is 781. The summed E-state index contributed by atoms with van der Waals surface area (Å²) in [5.41, 5.74) is -1.91. The van der Waals surface area contributed by atoms with E-state index in [2.05, 4.69) is 10.6 Å². The molecule has 1 saturated heterocycles. The molecular formula is C23H40N4O6S. The van der Waals surface area contributed by atoms with Crippen LogP contribution in [0.25, 0.3) is 0 Å². The molecule has 34 heavy (non-hydrogen) atoms. The van der Waals surface area contributed by atoms with Crippen LogP contribution in [-0.4, -0.2) is 97.1 Å².